The zero-order chi connectivity index (χ0) is 13.4. The predicted molar refractivity (Wildman–Crippen MR) is 70.4 cm³/mol. The van der Waals surface area contributed by atoms with Gasteiger partial charge in [0.2, 0.25) is 0 Å². The summed E-state index contributed by atoms with van der Waals surface area (Å²) in [4.78, 5) is 0. The molecule has 0 fully saturated rings. The Labute approximate surface area is 112 Å². The molecule has 0 aromatic heterocycles. The van der Waals surface area contributed by atoms with Gasteiger partial charge in [-0.1, -0.05) is 11.6 Å². The van der Waals surface area contributed by atoms with Crippen LogP contribution in [0.5, 0.6) is 5.75 Å². The number of hydrogen-bond donors (Lipinski definition) is 1. The maximum Gasteiger partial charge on any atom is 0.122 e. The highest BCUT2D eigenvalue weighted by Gasteiger charge is 2.10. The summed E-state index contributed by atoms with van der Waals surface area (Å²) in [6.45, 7) is 1.26. The summed E-state index contributed by atoms with van der Waals surface area (Å²) >= 11 is 5.92. The van der Waals surface area contributed by atoms with E-state index in [2.05, 4.69) is 0 Å². The third kappa shape index (κ3) is 5.23. The number of rotatable bonds is 8. The van der Waals surface area contributed by atoms with E-state index in [1.807, 2.05) is 0 Å². The molecule has 0 spiro atoms. The number of ether oxygens (including phenoxy) is 3. The summed E-state index contributed by atoms with van der Waals surface area (Å²) < 4.78 is 15.3. The Morgan fingerprint density at radius 1 is 1.28 bits per heavy atom. The van der Waals surface area contributed by atoms with Crippen LogP contribution in [0.3, 0.4) is 0 Å². The van der Waals surface area contributed by atoms with Crippen LogP contribution in [-0.2, 0) is 15.9 Å². The Morgan fingerprint density at radius 3 is 2.72 bits per heavy atom. The zero-order valence-corrected chi connectivity index (χ0v) is 11.4. The topological polar surface area (TPSA) is 47.9 Å². The van der Waals surface area contributed by atoms with Crippen molar-refractivity contribution in [3.8, 4) is 5.75 Å². The van der Waals surface area contributed by atoms with Crippen molar-refractivity contribution in [3.63, 3.8) is 0 Å². The quantitative estimate of drug-likeness (QED) is 0.736. The van der Waals surface area contributed by atoms with Crippen molar-refractivity contribution in [1.29, 1.82) is 0 Å². The molecule has 1 rings (SSSR count). The minimum Gasteiger partial charge on any atom is -0.496 e. The first kappa shape index (κ1) is 15.2. The summed E-state index contributed by atoms with van der Waals surface area (Å²) in [6, 6.07) is 5.33. The van der Waals surface area contributed by atoms with Crippen LogP contribution in [-0.4, -0.2) is 45.3 Å². The molecule has 1 N–H and O–H groups in total. The minimum absolute atomic E-state index is 0.263. The number of aliphatic hydroxyl groups is 1. The predicted octanol–water partition coefficient (Wildman–Crippen LogP) is 1.92. The molecule has 0 amide bonds. The third-order valence-electron chi connectivity index (χ3n) is 2.44. The molecule has 0 saturated carbocycles. The van der Waals surface area contributed by atoms with Crippen LogP contribution in [0.2, 0.25) is 5.02 Å². The molecule has 5 heteroatoms. The number of methoxy groups -OCH3 is 2. The molecule has 0 bridgehead atoms. The maximum absolute atomic E-state index is 9.85. The van der Waals surface area contributed by atoms with Crippen LogP contribution in [0, 0.1) is 0 Å². The molecule has 4 nitrogen and oxygen atoms in total. The van der Waals surface area contributed by atoms with Gasteiger partial charge in [-0.2, -0.15) is 0 Å². The minimum atomic E-state index is -0.589. The highest BCUT2D eigenvalue weighted by Crippen LogP contribution is 2.23. The monoisotopic (exact) mass is 274 g/mol. The van der Waals surface area contributed by atoms with Gasteiger partial charge in [0.25, 0.3) is 0 Å². The normalized spacial score (nSPS) is 12.4. The molecular formula is C13H19ClO4. The fourth-order valence-electron chi connectivity index (χ4n) is 1.58. The summed E-state index contributed by atoms with van der Waals surface area (Å²) in [6.07, 6.45) is -0.147. The molecule has 102 valence electrons. The number of aliphatic hydroxyl groups excluding tert-OH is 1. The van der Waals surface area contributed by atoms with E-state index in [4.69, 9.17) is 25.8 Å². The molecule has 1 unspecified atom stereocenters. The van der Waals surface area contributed by atoms with Gasteiger partial charge in [-0.15, -0.1) is 0 Å². The molecule has 0 radical (unpaired) electrons. The lowest BCUT2D eigenvalue weighted by Crippen LogP contribution is -2.20. The molecule has 0 aliphatic carbocycles. The third-order valence-corrected chi connectivity index (χ3v) is 2.68. The zero-order valence-electron chi connectivity index (χ0n) is 10.7. The SMILES string of the molecule is COCCOCC(O)Cc1cc(Cl)ccc1OC. The maximum atomic E-state index is 9.85. The van der Waals surface area contributed by atoms with Gasteiger partial charge in [0.15, 0.2) is 0 Å². The Kier molecular flexibility index (Phi) is 7.05. The van der Waals surface area contributed by atoms with Crippen LogP contribution < -0.4 is 4.74 Å². The molecule has 18 heavy (non-hydrogen) atoms. The number of halogens is 1. The van der Waals surface area contributed by atoms with Gasteiger partial charge >= 0.3 is 0 Å². The van der Waals surface area contributed by atoms with E-state index in [0.717, 1.165) is 11.3 Å². The van der Waals surface area contributed by atoms with Gasteiger partial charge in [0.1, 0.15) is 5.75 Å². The molecule has 1 aromatic carbocycles. The van der Waals surface area contributed by atoms with Gasteiger partial charge in [0, 0.05) is 18.6 Å². The molecule has 1 atom stereocenters. The first-order chi connectivity index (χ1) is 8.67. The smallest absolute Gasteiger partial charge is 0.122 e. The number of hydrogen-bond acceptors (Lipinski definition) is 4. The lowest BCUT2D eigenvalue weighted by Gasteiger charge is -2.14. The van der Waals surface area contributed by atoms with Crippen LogP contribution in [0.15, 0.2) is 18.2 Å². The second kappa shape index (κ2) is 8.32. The fraction of sp³-hybridized carbons (Fsp3) is 0.538. The van der Waals surface area contributed by atoms with E-state index in [1.54, 1.807) is 32.4 Å². The molecule has 0 aliphatic heterocycles. The van der Waals surface area contributed by atoms with Crippen molar-refractivity contribution in [3.05, 3.63) is 28.8 Å². The average molecular weight is 275 g/mol. The van der Waals surface area contributed by atoms with Crippen molar-refractivity contribution in [2.75, 3.05) is 34.0 Å². The van der Waals surface area contributed by atoms with E-state index >= 15 is 0 Å². The van der Waals surface area contributed by atoms with Gasteiger partial charge in [-0.05, 0) is 23.8 Å². The van der Waals surface area contributed by atoms with Crippen LogP contribution >= 0.6 is 11.6 Å². The van der Waals surface area contributed by atoms with E-state index in [0.29, 0.717) is 24.7 Å². The van der Waals surface area contributed by atoms with E-state index < -0.39 is 6.10 Å². The van der Waals surface area contributed by atoms with Crippen molar-refractivity contribution < 1.29 is 19.3 Å². The first-order valence-electron chi connectivity index (χ1n) is 5.74. The molecule has 0 aliphatic rings. The van der Waals surface area contributed by atoms with Crippen molar-refractivity contribution in [2.45, 2.75) is 12.5 Å². The van der Waals surface area contributed by atoms with Crippen LogP contribution in [0.25, 0.3) is 0 Å². The Hall–Kier alpha value is -0.810. The highest BCUT2D eigenvalue weighted by molar-refractivity contribution is 6.30. The highest BCUT2D eigenvalue weighted by atomic mass is 35.5. The van der Waals surface area contributed by atoms with Gasteiger partial charge in [0.05, 0.1) is 33.0 Å². The fourth-order valence-corrected chi connectivity index (χ4v) is 1.78. The molecule has 0 heterocycles. The van der Waals surface area contributed by atoms with Crippen molar-refractivity contribution in [2.24, 2.45) is 0 Å². The van der Waals surface area contributed by atoms with Crippen molar-refractivity contribution >= 4 is 11.6 Å². The lowest BCUT2D eigenvalue weighted by molar-refractivity contribution is 0.0135. The van der Waals surface area contributed by atoms with E-state index in [-0.39, 0.29) is 6.61 Å². The van der Waals surface area contributed by atoms with Gasteiger partial charge < -0.3 is 19.3 Å². The number of benzene rings is 1. The van der Waals surface area contributed by atoms with E-state index in [9.17, 15) is 5.11 Å². The Bertz CT molecular complexity index is 357. The second-order valence-electron chi connectivity index (χ2n) is 3.88. The molecule has 0 saturated heterocycles. The molecular weight excluding hydrogens is 256 g/mol. The molecule has 1 aromatic rings. The Balaban J connectivity index is 2.47. The van der Waals surface area contributed by atoms with E-state index in [1.165, 1.54) is 0 Å². The average Bonchev–Trinajstić information content (AvgIpc) is 2.35. The van der Waals surface area contributed by atoms with Gasteiger partial charge in [-0.3, -0.25) is 0 Å². The first-order valence-corrected chi connectivity index (χ1v) is 6.12. The summed E-state index contributed by atoms with van der Waals surface area (Å²) in [5, 5.41) is 10.5. The van der Waals surface area contributed by atoms with Crippen LogP contribution in [0.1, 0.15) is 5.56 Å². The van der Waals surface area contributed by atoms with Crippen LogP contribution in [0.4, 0.5) is 0 Å². The lowest BCUT2D eigenvalue weighted by atomic mass is 10.1. The Morgan fingerprint density at radius 2 is 2.06 bits per heavy atom. The van der Waals surface area contributed by atoms with Crippen molar-refractivity contribution in [1.82, 2.24) is 0 Å². The summed E-state index contributed by atoms with van der Waals surface area (Å²) in [7, 11) is 3.20. The largest absolute Gasteiger partial charge is 0.496 e. The second-order valence-corrected chi connectivity index (χ2v) is 4.32. The summed E-state index contributed by atoms with van der Waals surface area (Å²) in [5.41, 5.74) is 0.868. The standard InChI is InChI=1S/C13H19ClO4/c1-16-5-6-18-9-12(15)8-10-7-11(14)3-4-13(10)17-2/h3-4,7,12,15H,5-6,8-9H2,1-2H3. The van der Waals surface area contributed by atoms with Gasteiger partial charge in [-0.25, -0.2) is 0 Å². The summed E-state index contributed by atoms with van der Waals surface area (Å²) in [5.74, 6) is 0.718.